The third-order valence-electron chi connectivity index (χ3n) is 4.73. The van der Waals surface area contributed by atoms with Gasteiger partial charge in [0.05, 0.1) is 6.61 Å². The number of nitrogens with one attached hydrogen (secondary N) is 1. The Kier molecular flexibility index (Phi) is 8.54. The molecule has 2 rings (SSSR count). The van der Waals surface area contributed by atoms with Crippen LogP contribution in [0.25, 0.3) is 0 Å². The number of nitrogens with zero attached hydrogens (tertiary/aromatic N) is 1. The summed E-state index contributed by atoms with van der Waals surface area (Å²) in [5.41, 5.74) is 0.639. The highest BCUT2D eigenvalue weighted by atomic mass is 19.1. The van der Waals surface area contributed by atoms with E-state index in [1.54, 1.807) is 12.1 Å². The van der Waals surface area contributed by atoms with Crippen molar-refractivity contribution in [3.05, 3.63) is 30.1 Å². The number of amides is 1. The molecule has 5 nitrogen and oxygen atoms in total. The van der Waals surface area contributed by atoms with Gasteiger partial charge in [-0.25, -0.2) is 4.39 Å². The van der Waals surface area contributed by atoms with Crippen molar-refractivity contribution in [3.63, 3.8) is 0 Å². The zero-order valence-corrected chi connectivity index (χ0v) is 15.5. The van der Waals surface area contributed by atoms with Crippen LogP contribution in [0, 0.1) is 11.7 Å². The van der Waals surface area contributed by atoms with Crippen molar-refractivity contribution in [2.24, 2.45) is 5.92 Å². The quantitative estimate of drug-likeness (QED) is 0.537. The van der Waals surface area contributed by atoms with Crippen LogP contribution in [0.1, 0.15) is 45.4 Å². The van der Waals surface area contributed by atoms with Gasteiger partial charge in [-0.3, -0.25) is 9.59 Å². The lowest BCUT2D eigenvalue weighted by Gasteiger charge is -2.31. The molecule has 1 aromatic rings. The second-order valence-electron chi connectivity index (χ2n) is 6.73. The first-order chi connectivity index (χ1) is 12.6. The molecule has 1 heterocycles. The van der Waals surface area contributed by atoms with Gasteiger partial charge >= 0.3 is 5.97 Å². The highest BCUT2D eigenvalue weighted by Gasteiger charge is 2.24. The largest absolute Gasteiger partial charge is 0.466 e. The van der Waals surface area contributed by atoms with Crippen molar-refractivity contribution in [2.45, 2.75) is 45.4 Å². The van der Waals surface area contributed by atoms with E-state index in [0.29, 0.717) is 18.7 Å². The first kappa shape index (κ1) is 20.4. The molecule has 1 saturated heterocycles. The highest BCUT2D eigenvalue weighted by molar-refractivity contribution is 5.92. The summed E-state index contributed by atoms with van der Waals surface area (Å²) in [6.07, 6.45) is 5.14. The molecule has 0 aliphatic carbocycles. The number of benzene rings is 1. The van der Waals surface area contributed by atoms with E-state index in [4.69, 9.17) is 4.74 Å². The smallest absolute Gasteiger partial charge is 0.305 e. The van der Waals surface area contributed by atoms with E-state index in [-0.39, 0.29) is 23.6 Å². The standard InChI is InChI=1S/C20H29FN2O3/c1-2-26-19(24)6-4-3-5-13-23-14-11-16(12-15-23)20(25)22-18-9-7-17(21)8-10-18/h7-10,16H,2-6,11-15H2,1H3,(H,22,25). The normalized spacial score (nSPS) is 15.6. The number of unbranched alkanes of at least 4 members (excludes halogenated alkanes) is 2. The SMILES string of the molecule is CCOC(=O)CCCCCN1CCC(C(=O)Nc2ccc(F)cc2)CC1. The number of hydrogen-bond acceptors (Lipinski definition) is 4. The zero-order chi connectivity index (χ0) is 18.8. The predicted molar refractivity (Wildman–Crippen MR) is 99.3 cm³/mol. The number of anilines is 1. The van der Waals surface area contributed by atoms with Crippen LogP contribution in [0.3, 0.4) is 0 Å². The van der Waals surface area contributed by atoms with Crippen molar-refractivity contribution in [3.8, 4) is 0 Å². The van der Waals surface area contributed by atoms with E-state index in [1.807, 2.05) is 6.92 Å². The van der Waals surface area contributed by atoms with E-state index in [9.17, 15) is 14.0 Å². The molecule has 26 heavy (non-hydrogen) atoms. The predicted octanol–water partition coefficient (Wildman–Crippen LogP) is 3.60. The van der Waals surface area contributed by atoms with Gasteiger partial charge in [-0.1, -0.05) is 6.42 Å². The Morgan fingerprint density at radius 1 is 1.15 bits per heavy atom. The molecule has 1 amide bonds. The van der Waals surface area contributed by atoms with Gasteiger partial charge in [0.25, 0.3) is 0 Å². The molecule has 1 aliphatic heterocycles. The Labute approximate surface area is 154 Å². The number of carbonyl (C=O) groups excluding carboxylic acids is 2. The molecular weight excluding hydrogens is 335 g/mol. The number of carbonyl (C=O) groups is 2. The van der Waals surface area contributed by atoms with Gasteiger partial charge in [0.2, 0.25) is 5.91 Å². The van der Waals surface area contributed by atoms with Gasteiger partial charge in [0.15, 0.2) is 0 Å². The number of halogens is 1. The van der Waals surface area contributed by atoms with Crippen LogP contribution in [0.15, 0.2) is 24.3 Å². The maximum absolute atomic E-state index is 12.9. The fraction of sp³-hybridized carbons (Fsp3) is 0.600. The van der Waals surface area contributed by atoms with Crippen molar-refractivity contribution < 1.29 is 18.7 Å². The summed E-state index contributed by atoms with van der Waals surface area (Å²) in [5, 5.41) is 2.87. The third kappa shape index (κ3) is 7.12. The van der Waals surface area contributed by atoms with Gasteiger partial charge in [0.1, 0.15) is 5.82 Å². The molecule has 0 bridgehead atoms. The average Bonchev–Trinajstić information content (AvgIpc) is 2.64. The summed E-state index contributed by atoms with van der Waals surface area (Å²) in [4.78, 5) is 26.0. The first-order valence-electron chi connectivity index (χ1n) is 9.53. The Bertz CT molecular complexity index is 569. The molecule has 0 aromatic heterocycles. The number of hydrogen-bond donors (Lipinski definition) is 1. The van der Waals surface area contributed by atoms with Crippen molar-refractivity contribution in [1.29, 1.82) is 0 Å². The van der Waals surface area contributed by atoms with E-state index >= 15 is 0 Å². The van der Waals surface area contributed by atoms with Gasteiger partial charge < -0.3 is 15.0 Å². The van der Waals surface area contributed by atoms with Gasteiger partial charge in [0, 0.05) is 18.0 Å². The molecule has 0 atom stereocenters. The molecule has 0 saturated carbocycles. The third-order valence-corrected chi connectivity index (χ3v) is 4.73. The molecule has 1 aliphatic rings. The van der Waals surface area contributed by atoms with Crippen molar-refractivity contribution in [1.82, 2.24) is 4.90 Å². The lowest BCUT2D eigenvalue weighted by Crippen LogP contribution is -2.38. The first-order valence-corrected chi connectivity index (χ1v) is 9.53. The maximum Gasteiger partial charge on any atom is 0.305 e. The molecule has 0 radical (unpaired) electrons. The lowest BCUT2D eigenvalue weighted by molar-refractivity contribution is -0.143. The number of esters is 1. The molecule has 0 spiro atoms. The van der Waals surface area contributed by atoms with Crippen LogP contribution < -0.4 is 5.32 Å². The van der Waals surface area contributed by atoms with E-state index in [0.717, 1.165) is 51.7 Å². The summed E-state index contributed by atoms with van der Waals surface area (Å²) >= 11 is 0. The monoisotopic (exact) mass is 364 g/mol. The summed E-state index contributed by atoms with van der Waals surface area (Å²) < 4.78 is 17.8. The molecule has 6 heteroatoms. The van der Waals surface area contributed by atoms with Crippen molar-refractivity contribution in [2.75, 3.05) is 31.6 Å². The number of rotatable bonds is 9. The Balaban J connectivity index is 1.59. The lowest BCUT2D eigenvalue weighted by atomic mass is 9.95. The van der Waals surface area contributed by atoms with Crippen LogP contribution in [0.2, 0.25) is 0 Å². The summed E-state index contributed by atoms with van der Waals surface area (Å²) in [6, 6.07) is 5.86. The van der Waals surface area contributed by atoms with Gasteiger partial charge in [-0.15, -0.1) is 0 Å². The van der Waals surface area contributed by atoms with Crippen LogP contribution in [-0.2, 0) is 14.3 Å². The van der Waals surface area contributed by atoms with E-state index < -0.39 is 0 Å². The van der Waals surface area contributed by atoms with Gasteiger partial charge in [-0.2, -0.15) is 0 Å². The minimum absolute atomic E-state index is 0.0140. The Morgan fingerprint density at radius 3 is 2.50 bits per heavy atom. The van der Waals surface area contributed by atoms with Crippen LogP contribution in [0.4, 0.5) is 10.1 Å². The van der Waals surface area contributed by atoms with Crippen molar-refractivity contribution >= 4 is 17.6 Å². The second kappa shape index (κ2) is 10.9. The minimum Gasteiger partial charge on any atom is -0.466 e. The van der Waals surface area contributed by atoms with E-state index in [1.165, 1.54) is 12.1 Å². The zero-order valence-electron chi connectivity index (χ0n) is 15.5. The number of likely N-dealkylation sites (tertiary alicyclic amines) is 1. The summed E-state index contributed by atoms with van der Waals surface area (Å²) in [6.45, 7) is 5.11. The fourth-order valence-corrected chi connectivity index (χ4v) is 3.21. The summed E-state index contributed by atoms with van der Waals surface area (Å²) in [7, 11) is 0. The van der Waals surface area contributed by atoms with Crippen LogP contribution >= 0.6 is 0 Å². The molecule has 0 unspecified atom stereocenters. The molecule has 1 N–H and O–H groups in total. The minimum atomic E-state index is -0.307. The highest BCUT2D eigenvalue weighted by Crippen LogP contribution is 2.20. The maximum atomic E-state index is 12.9. The van der Waals surface area contributed by atoms with E-state index in [2.05, 4.69) is 10.2 Å². The molecule has 1 aromatic carbocycles. The second-order valence-corrected chi connectivity index (χ2v) is 6.73. The number of piperidine rings is 1. The Hall–Kier alpha value is -1.95. The summed E-state index contributed by atoms with van der Waals surface area (Å²) in [5.74, 6) is -0.384. The molecular formula is C20H29FN2O3. The van der Waals surface area contributed by atoms with Crippen LogP contribution in [0.5, 0.6) is 0 Å². The molecule has 144 valence electrons. The average molecular weight is 364 g/mol. The fourth-order valence-electron chi connectivity index (χ4n) is 3.21. The Morgan fingerprint density at radius 2 is 1.85 bits per heavy atom. The topological polar surface area (TPSA) is 58.6 Å². The molecule has 1 fully saturated rings. The van der Waals surface area contributed by atoms with Gasteiger partial charge in [-0.05, 0) is 76.5 Å². The number of ether oxygens (including phenoxy) is 1. The van der Waals surface area contributed by atoms with Crippen LogP contribution in [-0.4, -0.2) is 43.0 Å².